The lowest BCUT2D eigenvalue weighted by molar-refractivity contribution is -0.129. The Balaban J connectivity index is 4.10. The van der Waals surface area contributed by atoms with Gasteiger partial charge in [-0.3, -0.25) is 9.69 Å². The van der Waals surface area contributed by atoms with Crippen LogP contribution < -0.4 is 5.73 Å². The van der Waals surface area contributed by atoms with Crippen LogP contribution in [0.5, 0.6) is 0 Å². The Hall–Kier alpha value is -0.680. The van der Waals surface area contributed by atoms with Crippen molar-refractivity contribution in [2.45, 2.75) is 33.6 Å². The van der Waals surface area contributed by atoms with E-state index in [2.05, 4.69) is 25.7 Å². The highest BCUT2D eigenvalue weighted by Gasteiger charge is 2.21. The van der Waals surface area contributed by atoms with Crippen LogP contribution in [-0.2, 0) is 4.79 Å². The van der Waals surface area contributed by atoms with Gasteiger partial charge in [0.25, 0.3) is 0 Å². The molecule has 0 saturated heterocycles. The number of carbonyl (C=O) groups is 1. The van der Waals surface area contributed by atoms with Gasteiger partial charge < -0.3 is 10.6 Å². The number of amides is 1. The molecular weight excluding hydrogens is 246 g/mol. The van der Waals surface area contributed by atoms with Crippen LogP contribution in [0.2, 0.25) is 0 Å². The predicted octanol–water partition coefficient (Wildman–Crippen LogP) is 1.49. The van der Waals surface area contributed by atoms with Crippen molar-refractivity contribution in [3.63, 3.8) is 0 Å². The number of rotatable bonds is 8. The number of thiocarbonyl (C=S) groups is 1. The van der Waals surface area contributed by atoms with E-state index in [0.29, 0.717) is 11.5 Å². The van der Waals surface area contributed by atoms with Gasteiger partial charge in [-0.1, -0.05) is 33.0 Å². The van der Waals surface area contributed by atoms with Crippen LogP contribution in [-0.4, -0.2) is 54.4 Å². The Labute approximate surface area is 116 Å². The van der Waals surface area contributed by atoms with E-state index in [0.717, 1.165) is 25.9 Å². The van der Waals surface area contributed by atoms with Crippen LogP contribution in [0.4, 0.5) is 0 Å². The first kappa shape index (κ1) is 17.3. The van der Waals surface area contributed by atoms with Crippen LogP contribution in [0.15, 0.2) is 0 Å². The molecule has 0 aromatic rings. The highest BCUT2D eigenvalue weighted by Crippen LogP contribution is 2.22. The lowest BCUT2D eigenvalue weighted by Crippen LogP contribution is -2.37. The Morgan fingerprint density at radius 2 is 1.89 bits per heavy atom. The fourth-order valence-corrected chi connectivity index (χ4v) is 1.65. The van der Waals surface area contributed by atoms with Crippen molar-refractivity contribution in [2.24, 2.45) is 11.1 Å². The quantitative estimate of drug-likeness (QED) is 0.681. The highest BCUT2D eigenvalue weighted by molar-refractivity contribution is 7.80. The molecule has 0 aromatic heterocycles. The second kappa shape index (κ2) is 7.69. The molecule has 18 heavy (non-hydrogen) atoms. The third-order valence-corrected chi connectivity index (χ3v) is 3.80. The van der Waals surface area contributed by atoms with Gasteiger partial charge in [-0.05, 0) is 25.9 Å². The van der Waals surface area contributed by atoms with Crippen molar-refractivity contribution in [2.75, 3.05) is 33.7 Å². The van der Waals surface area contributed by atoms with Crippen LogP contribution in [0.3, 0.4) is 0 Å². The molecule has 0 aromatic carbocycles. The standard InChI is InChI=1S/C13H27N3OS/c1-6-16(10-11(17)15(4)5)9-7-8-13(2,3)12(14)18/h6-10H2,1-5H3,(H2,14,18). The van der Waals surface area contributed by atoms with Crippen molar-refractivity contribution in [1.82, 2.24) is 9.80 Å². The van der Waals surface area contributed by atoms with Crippen molar-refractivity contribution in [1.29, 1.82) is 0 Å². The Morgan fingerprint density at radius 3 is 2.28 bits per heavy atom. The Morgan fingerprint density at radius 1 is 1.33 bits per heavy atom. The molecule has 2 N–H and O–H groups in total. The topological polar surface area (TPSA) is 49.6 Å². The lowest BCUT2D eigenvalue weighted by Gasteiger charge is -2.26. The summed E-state index contributed by atoms with van der Waals surface area (Å²) in [4.78, 5) is 16.0. The van der Waals surface area contributed by atoms with Crippen LogP contribution in [0.25, 0.3) is 0 Å². The summed E-state index contributed by atoms with van der Waals surface area (Å²) < 4.78 is 0. The maximum atomic E-state index is 11.6. The molecule has 0 bridgehead atoms. The molecule has 0 aliphatic heterocycles. The molecule has 0 fully saturated rings. The summed E-state index contributed by atoms with van der Waals surface area (Å²) in [6.45, 7) is 8.47. The first-order valence-electron chi connectivity index (χ1n) is 6.43. The van der Waals surface area contributed by atoms with Gasteiger partial charge in [0.15, 0.2) is 0 Å². The minimum absolute atomic E-state index is 0.0969. The summed E-state index contributed by atoms with van der Waals surface area (Å²) in [5, 5.41) is 0. The van der Waals surface area contributed by atoms with E-state index in [1.54, 1.807) is 19.0 Å². The van der Waals surface area contributed by atoms with E-state index in [1.807, 2.05) is 0 Å². The average molecular weight is 273 g/mol. The Bertz CT molecular complexity index is 290. The van der Waals surface area contributed by atoms with E-state index >= 15 is 0 Å². The molecule has 1 amide bonds. The molecule has 0 aliphatic rings. The number of likely N-dealkylation sites (N-methyl/N-ethyl adjacent to an activating group) is 2. The molecule has 0 radical (unpaired) electrons. The lowest BCUT2D eigenvalue weighted by atomic mass is 9.88. The van der Waals surface area contributed by atoms with Gasteiger partial charge in [0.1, 0.15) is 0 Å². The summed E-state index contributed by atoms with van der Waals surface area (Å²) in [6.07, 6.45) is 1.95. The summed E-state index contributed by atoms with van der Waals surface area (Å²) >= 11 is 5.05. The number of hydrogen-bond donors (Lipinski definition) is 1. The molecule has 0 unspecified atom stereocenters. The van der Waals surface area contributed by atoms with Gasteiger partial charge in [-0.15, -0.1) is 0 Å². The third-order valence-electron chi connectivity index (χ3n) is 3.25. The van der Waals surface area contributed by atoms with Crippen LogP contribution in [0, 0.1) is 5.41 Å². The molecule has 0 rings (SSSR count). The molecule has 5 heteroatoms. The minimum Gasteiger partial charge on any atom is -0.393 e. The van der Waals surface area contributed by atoms with Gasteiger partial charge in [-0.2, -0.15) is 0 Å². The van der Waals surface area contributed by atoms with Crippen LogP contribution >= 0.6 is 12.2 Å². The van der Waals surface area contributed by atoms with Gasteiger partial charge in [0.2, 0.25) is 5.91 Å². The first-order valence-corrected chi connectivity index (χ1v) is 6.84. The van der Waals surface area contributed by atoms with E-state index in [-0.39, 0.29) is 11.3 Å². The molecule has 0 heterocycles. The smallest absolute Gasteiger partial charge is 0.236 e. The molecular formula is C13H27N3OS. The maximum Gasteiger partial charge on any atom is 0.236 e. The maximum absolute atomic E-state index is 11.6. The second-order valence-corrected chi connectivity index (χ2v) is 5.95. The molecule has 0 atom stereocenters. The highest BCUT2D eigenvalue weighted by atomic mass is 32.1. The van der Waals surface area contributed by atoms with E-state index in [9.17, 15) is 4.79 Å². The summed E-state index contributed by atoms with van der Waals surface area (Å²) in [6, 6.07) is 0. The third kappa shape index (κ3) is 6.31. The van der Waals surface area contributed by atoms with Crippen molar-refractivity contribution in [3.8, 4) is 0 Å². The molecule has 0 saturated carbocycles. The van der Waals surface area contributed by atoms with Crippen molar-refractivity contribution in [3.05, 3.63) is 0 Å². The summed E-state index contributed by atoms with van der Waals surface area (Å²) in [7, 11) is 3.57. The summed E-state index contributed by atoms with van der Waals surface area (Å²) in [5.41, 5.74) is 5.60. The zero-order chi connectivity index (χ0) is 14.3. The average Bonchev–Trinajstić information content (AvgIpc) is 2.26. The monoisotopic (exact) mass is 273 g/mol. The van der Waals surface area contributed by atoms with Gasteiger partial charge in [0.05, 0.1) is 11.5 Å². The van der Waals surface area contributed by atoms with Gasteiger partial charge >= 0.3 is 0 Å². The van der Waals surface area contributed by atoms with E-state index in [1.165, 1.54) is 0 Å². The number of nitrogens with two attached hydrogens (primary N) is 1. The molecule has 0 spiro atoms. The normalized spacial score (nSPS) is 11.7. The van der Waals surface area contributed by atoms with Gasteiger partial charge in [0, 0.05) is 19.5 Å². The Kier molecular flexibility index (Phi) is 7.40. The zero-order valence-electron chi connectivity index (χ0n) is 12.3. The van der Waals surface area contributed by atoms with Crippen molar-refractivity contribution < 1.29 is 4.79 Å². The number of carbonyl (C=O) groups excluding carboxylic acids is 1. The van der Waals surface area contributed by atoms with Crippen LogP contribution in [0.1, 0.15) is 33.6 Å². The predicted molar refractivity (Wildman–Crippen MR) is 80.6 cm³/mol. The fraction of sp³-hybridized carbons (Fsp3) is 0.846. The van der Waals surface area contributed by atoms with E-state index < -0.39 is 0 Å². The largest absolute Gasteiger partial charge is 0.393 e. The zero-order valence-corrected chi connectivity index (χ0v) is 13.1. The molecule has 4 nitrogen and oxygen atoms in total. The second-order valence-electron chi connectivity index (χ2n) is 5.51. The first-order chi connectivity index (χ1) is 8.20. The van der Waals surface area contributed by atoms with Crippen molar-refractivity contribution >= 4 is 23.1 Å². The minimum atomic E-state index is -0.0969. The number of hydrogen-bond acceptors (Lipinski definition) is 3. The van der Waals surface area contributed by atoms with Gasteiger partial charge in [-0.25, -0.2) is 0 Å². The molecule has 106 valence electrons. The summed E-state index contributed by atoms with van der Waals surface area (Å²) in [5.74, 6) is 0.144. The molecule has 0 aliphatic carbocycles. The van der Waals surface area contributed by atoms with E-state index in [4.69, 9.17) is 18.0 Å². The number of nitrogens with zero attached hydrogens (tertiary/aromatic N) is 2. The fourth-order valence-electron chi connectivity index (χ4n) is 1.55. The SMILES string of the molecule is CCN(CCCC(C)(C)C(N)=S)CC(=O)N(C)C.